The fourth-order valence-corrected chi connectivity index (χ4v) is 3.74. The van der Waals surface area contributed by atoms with Crippen LogP contribution >= 0.6 is 11.3 Å². The molecule has 3 heterocycles. The lowest BCUT2D eigenvalue weighted by molar-refractivity contribution is 0.186. The van der Waals surface area contributed by atoms with Gasteiger partial charge >= 0.3 is 6.03 Å². The number of amides is 2. The monoisotopic (exact) mass is 383 g/mol. The van der Waals surface area contributed by atoms with Gasteiger partial charge in [-0.3, -0.25) is 4.98 Å². The number of carbonyl (C=O) groups excluding carboxylic acids is 1. The van der Waals surface area contributed by atoms with Gasteiger partial charge in [-0.1, -0.05) is 5.16 Å². The van der Waals surface area contributed by atoms with Gasteiger partial charge in [-0.05, 0) is 51.0 Å². The molecule has 0 aromatic carbocycles. The van der Waals surface area contributed by atoms with E-state index in [-0.39, 0.29) is 12.1 Å². The first-order valence-corrected chi connectivity index (χ1v) is 9.78. The van der Waals surface area contributed by atoms with Gasteiger partial charge in [0.25, 0.3) is 0 Å². The number of nitrogens with zero attached hydrogens (tertiary/aromatic N) is 4. The van der Waals surface area contributed by atoms with Gasteiger partial charge in [-0.15, -0.1) is 11.3 Å². The van der Waals surface area contributed by atoms with E-state index in [0.29, 0.717) is 24.3 Å². The van der Waals surface area contributed by atoms with Gasteiger partial charge in [0.05, 0.1) is 6.54 Å². The SMILES string of the molecule is Cc1ccc(CN(C(=O)N[C@H](C)c2nc(-c3ccncc3)no2)C2CC2)s1. The highest BCUT2D eigenvalue weighted by molar-refractivity contribution is 7.11. The molecule has 0 bridgehead atoms. The third kappa shape index (κ3) is 4.16. The standard InChI is InChI=1S/C19H21N5O2S/c1-12-3-6-16(27-12)11-24(15-4-5-15)19(25)21-13(2)18-22-17(23-26-18)14-7-9-20-10-8-14/h3,6-10,13,15H,4-5,11H2,1-2H3,(H,21,25)/t13-/m1/s1. The molecule has 1 aliphatic carbocycles. The Kier molecular flexibility index (Phi) is 4.89. The zero-order valence-electron chi connectivity index (χ0n) is 15.3. The summed E-state index contributed by atoms with van der Waals surface area (Å²) >= 11 is 1.73. The molecule has 1 saturated carbocycles. The summed E-state index contributed by atoms with van der Waals surface area (Å²) in [5.74, 6) is 0.875. The van der Waals surface area contributed by atoms with Crippen LogP contribution in [0.2, 0.25) is 0 Å². The molecule has 0 spiro atoms. The van der Waals surface area contributed by atoms with E-state index in [9.17, 15) is 4.79 Å². The molecule has 2 amide bonds. The van der Waals surface area contributed by atoms with Gasteiger partial charge in [0.15, 0.2) is 0 Å². The highest BCUT2D eigenvalue weighted by Gasteiger charge is 2.34. The van der Waals surface area contributed by atoms with E-state index in [0.717, 1.165) is 18.4 Å². The van der Waals surface area contributed by atoms with Crippen molar-refractivity contribution < 1.29 is 9.32 Å². The van der Waals surface area contributed by atoms with Crippen molar-refractivity contribution in [2.45, 2.75) is 45.3 Å². The molecular weight excluding hydrogens is 362 g/mol. The Hall–Kier alpha value is -2.74. The van der Waals surface area contributed by atoms with Crippen molar-refractivity contribution in [3.8, 4) is 11.4 Å². The van der Waals surface area contributed by atoms with E-state index < -0.39 is 0 Å². The maximum atomic E-state index is 12.8. The number of nitrogens with one attached hydrogen (secondary N) is 1. The first-order chi connectivity index (χ1) is 13.1. The summed E-state index contributed by atoms with van der Waals surface area (Å²) in [4.78, 5) is 25.6. The highest BCUT2D eigenvalue weighted by atomic mass is 32.1. The van der Waals surface area contributed by atoms with E-state index in [1.54, 1.807) is 23.7 Å². The van der Waals surface area contributed by atoms with Crippen LogP contribution in [0.25, 0.3) is 11.4 Å². The lowest BCUT2D eigenvalue weighted by Gasteiger charge is -2.23. The Bertz CT molecular complexity index is 919. The predicted octanol–water partition coefficient (Wildman–Crippen LogP) is 3.94. The van der Waals surface area contributed by atoms with Crippen LogP contribution in [0.15, 0.2) is 41.2 Å². The third-order valence-corrected chi connectivity index (χ3v) is 5.45. The Labute approximate surface area is 161 Å². The minimum absolute atomic E-state index is 0.0975. The van der Waals surface area contributed by atoms with Gasteiger partial charge in [-0.2, -0.15) is 4.98 Å². The number of aromatic nitrogens is 3. The zero-order chi connectivity index (χ0) is 18.8. The summed E-state index contributed by atoms with van der Waals surface area (Å²) < 4.78 is 5.35. The second-order valence-electron chi connectivity index (χ2n) is 6.73. The number of urea groups is 1. The molecule has 1 atom stereocenters. The molecule has 0 radical (unpaired) electrons. The summed E-state index contributed by atoms with van der Waals surface area (Å²) in [5.41, 5.74) is 0.825. The van der Waals surface area contributed by atoms with Crippen LogP contribution in [0.4, 0.5) is 4.79 Å². The van der Waals surface area contributed by atoms with Gasteiger partial charge in [0, 0.05) is 33.8 Å². The van der Waals surface area contributed by atoms with Crippen LogP contribution in [0, 0.1) is 6.92 Å². The summed E-state index contributed by atoms with van der Waals surface area (Å²) in [6, 6.07) is 7.66. The van der Waals surface area contributed by atoms with Crippen molar-refractivity contribution in [1.82, 2.24) is 25.3 Å². The molecule has 0 unspecified atom stereocenters. The molecule has 3 aromatic heterocycles. The topological polar surface area (TPSA) is 84.2 Å². The lowest BCUT2D eigenvalue weighted by Crippen LogP contribution is -2.41. The Balaban J connectivity index is 1.42. The molecule has 1 aliphatic rings. The van der Waals surface area contributed by atoms with Crippen molar-refractivity contribution in [3.63, 3.8) is 0 Å². The lowest BCUT2D eigenvalue weighted by atomic mass is 10.2. The van der Waals surface area contributed by atoms with Gasteiger partial charge < -0.3 is 14.7 Å². The van der Waals surface area contributed by atoms with Crippen LogP contribution in [0.3, 0.4) is 0 Å². The van der Waals surface area contributed by atoms with E-state index in [4.69, 9.17) is 4.52 Å². The van der Waals surface area contributed by atoms with E-state index in [2.05, 4.69) is 39.5 Å². The average Bonchev–Trinajstić information content (AvgIpc) is 3.23. The Morgan fingerprint density at radius 2 is 2.11 bits per heavy atom. The zero-order valence-corrected chi connectivity index (χ0v) is 16.1. The second-order valence-corrected chi connectivity index (χ2v) is 8.11. The molecule has 7 nitrogen and oxygen atoms in total. The summed E-state index contributed by atoms with van der Waals surface area (Å²) in [6.45, 7) is 4.56. The van der Waals surface area contributed by atoms with Crippen molar-refractivity contribution in [3.05, 3.63) is 52.3 Å². The number of carbonyl (C=O) groups is 1. The van der Waals surface area contributed by atoms with E-state index in [1.165, 1.54) is 9.75 Å². The summed E-state index contributed by atoms with van der Waals surface area (Å²) in [5, 5.41) is 6.99. The predicted molar refractivity (Wildman–Crippen MR) is 102 cm³/mol. The van der Waals surface area contributed by atoms with Crippen LogP contribution < -0.4 is 5.32 Å². The summed E-state index contributed by atoms with van der Waals surface area (Å²) in [7, 11) is 0. The minimum Gasteiger partial charge on any atom is -0.337 e. The van der Waals surface area contributed by atoms with Crippen molar-refractivity contribution in [2.24, 2.45) is 0 Å². The highest BCUT2D eigenvalue weighted by Crippen LogP contribution is 2.30. The largest absolute Gasteiger partial charge is 0.337 e. The molecule has 27 heavy (non-hydrogen) atoms. The second kappa shape index (κ2) is 7.48. The maximum absolute atomic E-state index is 12.8. The molecule has 0 saturated heterocycles. The normalized spacial score (nSPS) is 14.7. The first kappa shape index (κ1) is 17.7. The number of rotatable bonds is 6. The molecular formula is C19H21N5O2S. The van der Waals surface area contributed by atoms with E-state index in [1.807, 2.05) is 24.0 Å². The minimum atomic E-state index is -0.369. The fourth-order valence-electron chi connectivity index (χ4n) is 2.85. The van der Waals surface area contributed by atoms with Crippen LogP contribution in [0.1, 0.15) is 41.5 Å². The van der Waals surface area contributed by atoms with Gasteiger partial charge in [0.1, 0.15) is 6.04 Å². The summed E-state index contributed by atoms with van der Waals surface area (Å²) in [6.07, 6.45) is 5.46. The van der Waals surface area contributed by atoms with Crippen molar-refractivity contribution >= 4 is 17.4 Å². The Morgan fingerprint density at radius 3 is 2.78 bits per heavy atom. The molecule has 3 aromatic rings. The van der Waals surface area contributed by atoms with Gasteiger partial charge in [0.2, 0.25) is 11.7 Å². The molecule has 8 heteroatoms. The number of aryl methyl sites for hydroxylation is 1. The smallest absolute Gasteiger partial charge is 0.318 e. The number of thiophene rings is 1. The third-order valence-electron chi connectivity index (χ3n) is 4.46. The van der Waals surface area contributed by atoms with Crippen molar-refractivity contribution in [2.75, 3.05) is 0 Å². The fraction of sp³-hybridized carbons (Fsp3) is 0.368. The number of hydrogen-bond acceptors (Lipinski definition) is 6. The number of hydrogen-bond donors (Lipinski definition) is 1. The molecule has 4 rings (SSSR count). The first-order valence-electron chi connectivity index (χ1n) is 8.96. The molecule has 1 N–H and O–H groups in total. The van der Waals surface area contributed by atoms with Crippen molar-refractivity contribution in [1.29, 1.82) is 0 Å². The van der Waals surface area contributed by atoms with Crippen LogP contribution in [0.5, 0.6) is 0 Å². The van der Waals surface area contributed by atoms with E-state index >= 15 is 0 Å². The molecule has 1 fully saturated rings. The van der Waals surface area contributed by atoms with Crippen LogP contribution in [-0.4, -0.2) is 32.1 Å². The van der Waals surface area contributed by atoms with Crippen LogP contribution in [-0.2, 0) is 6.54 Å². The maximum Gasteiger partial charge on any atom is 0.318 e. The Morgan fingerprint density at radius 1 is 1.33 bits per heavy atom. The molecule has 140 valence electrons. The number of pyridine rings is 1. The van der Waals surface area contributed by atoms with Gasteiger partial charge in [-0.25, -0.2) is 4.79 Å². The molecule has 0 aliphatic heterocycles. The quantitative estimate of drug-likeness (QED) is 0.697. The average molecular weight is 383 g/mol.